The van der Waals surface area contributed by atoms with E-state index < -0.39 is 5.60 Å². The maximum atomic E-state index is 11.1. The van der Waals surface area contributed by atoms with Crippen molar-refractivity contribution in [3.63, 3.8) is 0 Å². The summed E-state index contributed by atoms with van der Waals surface area (Å²) in [5.41, 5.74) is 4.99. The molecule has 0 heterocycles. The van der Waals surface area contributed by atoms with Crippen molar-refractivity contribution in [3.05, 3.63) is 0 Å². The normalized spacial score (nSPS) is 11.4. The van der Waals surface area contributed by atoms with Crippen molar-refractivity contribution in [2.75, 3.05) is 33.4 Å². The lowest BCUT2D eigenvalue weighted by Crippen LogP contribution is -2.39. The zero-order valence-corrected chi connectivity index (χ0v) is 9.13. The van der Waals surface area contributed by atoms with Gasteiger partial charge in [0.1, 0.15) is 6.61 Å². The van der Waals surface area contributed by atoms with Crippen LogP contribution in [0.2, 0.25) is 0 Å². The van der Waals surface area contributed by atoms with Gasteiger partial charge >= 0.3 is 0 Å². The summed E-state index contributed by atoms with van der Waals surface area (Å²) in [6.07, 6.45) is 0. The van der Waals surface area contributed by atoms with Crippen LogP contribution in [0.1, 0.15) is 13.8 Å². The van der Waals surface area contributed by atoms with Gasteiger partial charge in [-0.05, 0) is 13.8 Å². The predicted octanol–water partition coefficient (Wildman–Crippen LogP) is -0.497. The van der Waals surface area contributed by atoms with Crippen LogP contribution < -0.4 is 11.1 Å². The largest absolute Gasteiger partial charge is 0.383 e. The van der Waals surface area contributed by atoms with Crippen molar-refractivity contribution in [1.82, 2.24) is 5.32 Å². The minimum atomic E-state index is -0.446. The Balaban J connectivity index is 3.53. The number of hydrogen-bond donors (Lipinski definition) is 2. The van der Waals surface area contributed by atoms with Gasteiger partial charge < -0.3 is 20.5 Å². The molecule has 0 aromatic rings. The number of nitrogens with two attached hydrogens (primary N) is 1. The Morgan fingerprint density at radius 3 is 2.64 bits per heavy atom. The number of carbonyl (C=O) groups is 1. The van der Waals surface area contributed by atoms with Gasteiger partial charge in [-0.15, -0.1) is 0 Å². The number of methoxy groups -OCH3 is 1. The minimum Gasteiger partial charge on any atom is -0.383 e. The lowest BCUT2D eigenvalue weighted by molar-refractivity contribution is -0.131. The van der Waals surface area contributed by atoms with Gasteiger partial charge in [0.05, 0.1) is 12.2 Å². The second-order valence-electron chi connectivity index (χ2n) is 3.60. The van der Waals surface area contributed by atoms with Crippen LogP contribution in [-0.4, -0.2) is 44.9 Å². The van der Waals surface area contributed by atoms with E-state index in [1.807, 2.05) is 13.8 Å². The van der Waals surface area contributed by atoms with Crippen molar-refractivity contribution < 1.29 is 14.3 Å². The van der Waals surface area contributed by atoms with E-state index in [0.717, 1.165) is 0 Å². The summed E-state index contributed by atoms with van der Waals surface area (Å²) in [6.45, 7) is 5.12. The van der Waals surface area contributed by atoms with E-state index in [1.165, 1.54) is 0 Å². The Morgan fingerprint density at radius 2 is 2.14 bits per heavy atom. The smallest absolute Gasteiger partial charge is 0.246 e. The molecule has 3 N–H and O–H groups in total. The van der Waals surface area contributed by atoms with Crippen molar-refractivity contribution in [2.24, 2.45) is 5.73 Å². The number of rotatable bonds is 7. The van der Waals surface area contributed by atoms with E-state index in [9.17, 15) is 4.79 Å². The monoisotopic (exact) mass is 204 g/mol. The number of hydrogen-bond acceptors (Lipinski definition) is 4. The summed E-state index contributed by atoms with van der Waals surface area (Å²) in [7, 11) is 1.58. The van der Waals surface area contributed by atoms with Gasteiger partial charge in [-0.1, -0.05) is 0 Å². The topological polar surface area (TPSA) is 73.6 Å². The van der Waals surface area contributed by atoms with Crippen LogP contribution >= 0.6 is 0 Å². The number of carbonyl (C=O) groups excluding carboxylic acids is 1. The first kappa shape index (κ1) is 13.4. The van der Waals surface area contributed by atoms with Crippen LogP contribution in [0.25, 0.3) is 0 Å². The first-order valence-corrected chi connectivity index (χ1v) is 4.61. The third-order valence-electron chi connectivity index (χ3n) is 1.71. The Kier molecular flexibility index (Phi) is 6.44. The SMILES string of the molecule is COCCNC(=O)COC(C)(C)CN. The van der Waals surface area contributed by atoms with Crippen LogP contribution in [0.5, 0.6) is 0 Å². The standard InChI is InChI=1S/C9H20N2O3/c1-9(2,7-10)14-6-8(12)11-4-5-13-3/h4-7,10H2,1-3H3,(H,11,12). The predicted molar refractivity (Wildman–Crippen MR) is 54.0 cm³/mol. The molecular weight excluding hydrogens is 184 g/mol. The van der Waals surface area contributed by atoms with E-state index in [-0.39, 0.29) is 12.5 Å². The van der Waals surface area contributed by atoms with E-state index in [1.54, 1.807) is 7.11 Å². The second-order valence-corrected chi connectivity index (χ2v) is 3.60. The molecule has 0 fully saturated rings. The van der Waals surface area contributed by atoms with Crippen molar-refractivity contribution >= 4 is 5.91 Å². The van der Waals surface area contributed by atoms with E-state index >= 15 is 0 Å². The molecule has 5 nitrogen and oxygen atoms in total. The average molecular weight is 204 g/mol. The summed E-state index contributed by atoms with van der Waals surface area (Å²) < 4.78 is 10.1. The highest BCUT2D eigenvalue weighted by Crippen LogP contribution is 2.04. The van der Waals surface area contributed by atoms with Gasteiger partial charge in [-0.3, -0.25) is 4.79 Å². The van der Waals surface area contributed by atoms with Crippen LogP contribution in [0.15, 0.2) is 0 Å². The first-order chi connectivity index (χ1) is 6.52. The molecule has 1 amide bonds. The summed E-state index contributed by atoms with van der Waals surface area (Å²) in [5.74, 6) is -0.149. The molecule has 0 aliphatic rings. The van der Waals surface area contributed by atoms with Gasteiger partial charge in [0.25, 0.3) is 0 Å². The molecule has 0 spiro atoms. The first-order valence-electron chi connectivity index (χ1n) is 4.61. The molecule has 0 aromatic carbocycles. The van der Waals surface area contributed by atoms with Crippen LogP contribution in [0.3, 0.4) is 0 Å². The zero-order chi connectivity index (χ0) is 11.0. The molecule has 0 aliphatic carbocycles. The molecule has 0 radical (unpaired) electrons. The fraction of sp³-hybridized carbons (Fsp3) is 0.889. The van der Waals surface area contributed by atoms with E-state index in [2.05, 4.69) is 5.32 Å². The molecule has 0 saturated carbocycles. The quantitative estimate of drug-likeness (QED) is 0.548. The summed E-state index contributed by atoms with van der Waals surface area (Å²) in [6, 6.07) is 0. The molecular formula is C9H20N2O3. The third kappa shape index (κ3) is 6.82. The van der Waals surface area contributed by atoms with Crippen LogP contribution in [-0.2, 0) is 14.3 Å². The highest BCUT2D eigenvalue weighted by Gasteiger charge is 2.17. The van der Waals surface area contributed by atoms with Crippen molar-refractivity contribution in [3.8, 4) is 0 Å². The number of nitrogens with one attached hydrogen (secondary N) is 1. The van der Waals surface area contributed by atoms with E-state index in [4.69, 9.17) is 15.2 Å². The summed E-state index contributed by atoms with van der Waals surface area (Å²) >= 11 is 0. The molecule has 0 aliphatic heterocycles. The maximum absolute atomic E-state index is 11.1. The fourth-order valence-electron chi connectivity index (χ4n) is 0.663. The highest BCUT2D eigenvalue weighted by atomic mass is 16.5. The maximum Gasteiger partial charge on any atom is 0.246 e. The highest BCUT2D eigenvalue weighted by molar-refractivity contribution is 5.77. The molecule has 0 aromatic heterocycles. The molecule has 0 bridgehead atoms. The molecule has 0 unspecified atom stereocenters. The molecule has 5 heteroatoms. The number of ether oxygens (including phenoxy) is 2. The lowest BCUT2D eigenvalue weighted by atomic mass is 10.1. The van der Waals surface area contributed by atoms with Gasteiger partial charge in [-0.2, -0.15) is 0 Å². The van der Waals surface area contributed by atoms with Gasteiger partial charge in [0.2, 0.25) is 5.91 Å². The van der Waals surface area contributed by atoms with Gasteiger partial charge in [0, 0.05) is 20.2 Å². The molecule has 0 rings (SSSR count). The third-order valence-corrected chi connectivity index (χ3v) is 1.71. The minimum absolute atomic E-state index is 0.0356. The Bertz CT molecular complexity index is 171. The van der Waals surface area contributed by atoms with Crippen molar-refractivity contribution in [1.29, 1.82) is 0 Å². The van der Waals surface area contributed by atoms with Gasteiger partial charge in [-0.25, -0.2) is 0 Å². The lowest BCUT2D eigenvalue weighted by Gasteiger charge is -2.22. The molecule has 0 atom stereocenters. The van der Waals surface area contributed by atoms with Crippen molar-refractivity contribution in [2.45, 2.75) is 19.4 Å². The molecule has 14 heavy (non-hydrogen) atoms. The van der Waals surface area contributed by atoms with E-state index in [0.29, 0.717) is 19.7 Å². The Labute approximate surface area is 84.9 Å². The van der Waals surface area contributed by atoms with Gasteiger partial charge in [0.15, 0.2) is 0 Å². The summed E-state index contributed by atoms with van der Waals surface area (Å²) in [4.78, 5) is 11.1. The Morgan fingerprint density at radius 1 is 1.50 bits per heavy atom. The van der Waals surface area contributed by atoms with Crippen LogP contribution in [0, 0.1) is 0 Å². The Hall–Kier alpha value is -0.650. The summed E-state index contributed by atoms with van der Waals surface area (Å²) in [5, 5.41) is 2.65. The zero-order valence-electron chi connectivity index (χ0n) is 9.13. The number of amides is 1. The molecule has 84 valence electrons. The van der Waals surface area contributed by atoms with Crippen LogP contribution in [0.4, 0.5) is 0 Å². The second kappa shape index (κ2) is 6.75. The fourth-order valence-corrected chi connectivity index (χ4v) is 0.663. The average Bonchev–Trinajstić information content (AvgIpc) is 2.16. The molecule has 0 saturated heterocycles.